The van der Waals surface area contributed by atoms with Gasteiger partial charge in [0.25, 0.3) is 0 Å². The summed E-state index contributed by atoms with van der Waals surface area (Å²) in [5, 5.41) is 1.87. The average Bonchev–Trinajstić information content (AvgIpc) is 2.25. The quantitative estimate of drug-likeness (QED) is 0.551. The molecule has 0 saturated carbocycles. The maximum absolute atomic E-state index is 5.81. The highest BCUT2D eigenvalue weighted by Crippen LogP contribution is 1.96. The molecule has 0 aliphatic carbocycles. The third-order valence-electron chi connectivity index (χ3n) is 2.18. The fourth-order valence-corrected chi connectivity index (χ4v) is 1.28. The lowest BCUT2D eigenvalue weighted by atomic mass is 10.2. The minimum Gasteiger partial charge on any atom is -0.269 e. The number of nitrogens with two attached hydrogens (primary N) is 1. The molecule has 1 aromatic heterocycles. The lowest BCUT2D eigenvalue weighted by Crippen LogP contribution is -2.33. The molecule has 0 atom stereocenters. The zero-order chi connectivity index (χ0) is 10.2. The van der Waals surface area contributed by atoms with E-state index in [0.29, 0.717) is 0 Å². The second kappa shape index (κ2) is 6.51. The Morgan fingerprint density at radius 1 is 1.36 bits per heavy atom. The Morgan fingerprint density at radius 2 is 2.21 bits per heavy atom. The first kappa shape index (κ1) is 11.1. The molecule has 2 N–H and O–H groups in total. The first-order valence-electron chi connectivity index (χ1n) is 5.22. The Balaban J connectivity index is 2.20. The maximum atomic E-state index is 5.81. The van der Waals surface area contributed by atoms with Crippen LogP contribution in [0.2, 0.25) is 0 Å². The number of hydrazine groups is 1. The molecule has 0 spiro atoms. The lowest BCUT2D eigenvalue weighted by molar-refractivity contribution is 0.281. The fourth-order valence-electron chi connectivity index (χ4n) is 1.28. The van der Waals surface area contributed by atoms with Crippen molar-refractivity contribution in [2.75, 3.05) is 13.1 Å². The Morgan fingerprint density at radius 3 is 2.86 bits per heavy atom. The van der Waals surface area contributed by atoms with Gasteiger partial charge in [-0.2, -0.15) is 0 Å². The van der Waals surface area contributed by atoms with E-state index in [-0.39, 0.29) is 0 Å². The van der Waals surface area contributed by atoms with Gasteiger partial charge >= 0.3 is 0 Å². The van der Waals surface area contributed by atoms with E-state index in [4.69, 9.17) is 5.84 Å². The Labute approximate surface area is 85.9 Å². The van der Waals surface area contributed by atoms with Crippen LogP contribution in [0.3, 0.4) is 0 Å². The minimum absolute atomic E-state index is 0.886. The van der Waals surface area contributed by atoms with Crippen LogP contribution >= 0.6 is 0 Å². The van der Waals surface area contributed by atoms with E-state index in [2.05, 4.69) is 11.9 Å². The molecule has 0 aliphatic heterocycles. The molecule has 1 rings (SSSR count). The van der Waals surface area contributed by atoms with E-state index in [1.807, 2.05) is 29.4 Å². The van der Waals surface area contributed by atoms with Crippen molar-refractivity contribution < 1.29 is 0 Å². The molecule has 14 heavy (non-hydrogen) atoms. The van der Waals surface area contributed by atoms with Gasteiger partial charge in [-0.25, -0.2) is 5.01 Å². The van der Waals surface area contributed by atoms with Crippen LogP contribution in [-0.4, -0.2) is 23.1 Å². The number of nitrogens with zero attached hydrogens (tertiary/aromatic N) is 2. The van der Waals surface area contributed by atoms with Gasteiger partial charge in [0.2, 0.25) is 0 Å². The van der Waals surface area contributed by atoms with Crippen molar-refractivity contribution in [3.63, 3.8) is 0 Å². The summed E-state index contributed by atoms with van der Waals surface area (Å²) in [6.45, 7) is 4.03. The summed E-state index contributed by atoms with van der Waals surface area (Å²) in [7, 11) is 0. The van der Waals surface area contributed by atoms with Crippen LogP contribution in [0.25, 0.3) is 0 Å². The zero-order valence-corrected chi connectivity index (χ0v) is 8.82. The van der Waals surface area contributed by atoms with Gasteiger partial charge in [0, 0.05) is 31.4 Å². The van der Waals surface area contributed by atoms with Gasteiger partial charge in [-0.1, -0.05) is 19.4 Å². The molecule has 0 unspecified atom stereocenters. The molecule has 0 radical (unpaired) electrons. The first-order valence-corrected chi connectivity index (χ1v) is 5.22. The summed E-state index contributed by atoms with van der Waals surface area (Å²) in [6, 6.07) is 5.98. The minimum atomic E-state index is 0.886. The van der Waals surface area contributed by atoms with E-state index in [0.717, 1.165) is 25.2 Å². The molecule has 0 aromatic carbocycles. The van der Waals surface area contributed by atoms with Crippen LogP contribution in [0.4, 0.5) is 0 Å². The largest absolute Gasteiger partial charge is 0.269 e. The number of pyridine rings is 1. The van der Waals surface area contributed by atoms with Gasteiger partial charge in [-0.15, -0.1) is 0 Å². The van der Waals surface area contributed by atoms with Crippen molar-refractivity contribution in [2.45, 2.75) is 26.2 Å². The third kappa shape index (κ3) is 4.35. The number of unbranched alkanes of at least 4 members (excludes halogenated alkanes) is 1. The lowest BCUT2D eigenvalue weighted by Gasteiger charge is -2.14. The zero-order valence-electron chi connectivity index (χ0n) is 8.82. The van der Waals surface area contributed by atoms with Crippen LogP contribution in [0, 0.1) is 0 Å². The van der Waals surface area contributed by atoms with Crippen LogP contribution in [-0.2, 0) is 6.42 Å². The van der Waals surface area contributed by atoms with Gasteiger partial charge < -0.3 is 0 Å². The van der Waals surface area contributed by atoms with Gasteiger partial charge in [0.1, 0.15) is 0 Å². The number of hydrogen-bond donors (Lipinski definition) is 1. The van der Waals surface area contributed by atoms with Crippen molar-refractivity contribution in [3.8, 4) is 0 Å². The van der Waals surface area contributed by atoms with Crippen LogP contribution in [0.15, 0.2) is 24.4 Å². The molecule has 0 bridgehead atoms. The smallest absolute Gasteiger partial charge is 0.0416 e. The molecule has 0 fully saturated rings. The van der Waals surface area contributed by atoms with Crippen molar-refractivity contribution in [3.05, 3.63) is 30.1 Å². The van der Waals surface area contributed by atoms with Crippen molar-refractivity contribution >= 4 is 0 Å². The maximum Gasteiger partial charge on any atom is 0.0416 e. The average molecular weight is 193 g/mol. The Kier molecular flexibility index (Phi) is 5.19. The molecule has 0 amide bonds. The third-order valence-corrected chi connectivity index (χ3v) is 2.18. The molecule has 0 aliphatic rings. The molecular weight excluding hydrogens is 174 g/mol. The van der Waals surface area contributed by atoms with Gasteiger partial charge in [0.05, 0.1) is 0 Å². The monoisotopic (exact) mass is 193 g/mol. The SMILES string of the molecule is CCCCN(N)CCc1ccccn1. The number of rotatable bonds is 6. The standard InChI is InChI=1S/C11H19N3/c1-2-3-9-14(12)10-7-11-6-4-5-8-13-11/h4-6,8H,2-3,7,9-10,12H2,1H3. The summed E-state index contributed by atoms with van der Waals surface area (Å²) in [5.41, 5.74) is 1.11. The molecular formula is C11H19N3. The van der Waals surface area contributed by atoms with E-state index >= 15 is 0 Å². The summed E-state index contributed by atoms with van der Waals surface area (Å²) < 4.78 is 0. The molecule has 3 nitrogen and oxygen atoms in total. The van der Waals surface area contributed by atoms with Crippen LogP contribution in [0.1, 0.15) is 25.5 Å². The van der Waals surface area contributed by atoms with E-state index in [1.165, 1.54) is 12.8 Å². The number of hydrogen-bond acceptors (Lipinski definition) is 3. The van der Waals surface area contributed by atoms with Crippen molar-refractivity contribution in [1.82, 2.24) is 9.99 Å². The van der Waals surface area contributed by atoms with Gasteiger partial charge in [-0.05, 0) is 18.6 Å². The van der Waals surface area contributed by atoms with Gasteiger partial charge in [0.15, 0.2) is 0 Å². The molecule has 3 heteroatoms. The highest BCUT2D eigenvalue weighted by atomic mass is 15.4. The Bertz CT molecular complexity index is 236. The summed E-state index contributed by atoms with van der Waals surface area (Å²) in [6.07, 6.45) is 5.11. The summed E-state index contributed by atoms with van der Waals surface area (Å²) in [4.78, 5) is 4.25. The molecule has 78 valence electrons. The predicted octanol–water partition coefficient (Wildman–Crippen LogP) is 1.60. The summed E-state index contributed by atoms with van der Waals surface area (Å²) in [5.74, 6) is 5.81. The van der Waals surface area contributed by atoms with Gasteiger partial charge in [-0.3, -0.25) is 10.8 Å². The highest BCUT2D eigenvalue weighted by Gasteiger charge is 1.99. The summed E-state index contributed by atoms with van der Waals surface area (Å²) >= 11 is 0. The predicted molar refractivity (Wildman–Crippen MR) is 58.6 cm³/mol. The van der Waals surface area contributed by atoms with Crippen molar-refractivity contribution in [1.29, 1.82) is 0 Å². The first-order chi connectivity index (χ1) is 6.83. The second-order valence-electron chi connectivity index (χ2n) is 3.46. The second-order valence-corrected chi connectivity index (χ2v) is 3.46. The van der Waals surface area contributed by atoms with Crippen LogP contribution in [0.5, 0.6) is 0 Å². The normalized spacial score (nSPS) is 10.8. The molecule has 1 heterocycles. The molecule has 0 saturated heterocycles. The topological polar surface area (TPSA) is 42.1 Å². The highest BCUT2D eigenvalue weighted by molar-refractivity contribution is 5.03. The van der Waals surface area contributed by atoms with E-state index < -0.39 is 0 Å². The van der Waals surface area contributed by atoms with E-state index in [1.54, 1.807) is 0 Å². The van der Waals surface area contributed by atoms with E-state index in [9.17, 15) is 0 Å². The molecule has 1 aromatic rings. The fraction of sp³-hybridized carbons (Fsp3) is 0.545. The van der Waals surface area contributed by atoms with Crippen molar-refractivity contribution in [2.24, 2.45) is 5.84 Å². The number of aromatic nitrogens is 1. The Hall–Kier alpha value is -0.930. The van der Waals surface area contributed by atoms with Crippen LogP contribution < -0.4 is 5.84 Å².